The van der Waals surface area contributed by atoms with Crippen LogP contribution in [-0.2, 0) is 17.9 Å². The molecule has 1 amide bonds. The Hall–Kier alpha value is -2.00. The predicted octanol–water partition coefficient (Wildman–Crippen LogP) is 7.64. The van der Waals surface area contributed by atoms with Gasteiger partial charge in [0.25, 0.3) is 5.91 Å². The molecule has 0 N–H and O–H groups in total. The van der Waals surface area contributed by atoms with Gasteiger partial charge in [-0.05, 0) is 85.8 Å². The van der Waals surface area contributed by atoms with Crippen molar-refractivity contribution in [2.75, 3.05) is 0 Å². The third kappa shape index (κ3) is 5.93. The van der Waals surface area contributed by atoms with Crippen molar-refractivity contribution in [1.29, 1.82) is 0 Å². The van der Waals surface area contributed by atoms with Crippen molar-refractivity contribution < 1.29 is 13.9 Å². The highest BCUT2D eigenvalue weighted by Gasteiger charge is 2.32. The lowest BCUT2D eigenvalue weighted by atomic mass is 10.1. The summed E-state index contributed by atoms with van der Waals surface area (Å²) in [5.41, 5.74) is 3.90. The van der Waals surface area contributed by atoms with Gasteiger partial charge < -0.3 is 4.74 Å². The fraction of sp³-hybridized carbons (Fsp3) is 0.120. The van der Waals surface area contributed by atoms with Crippen LogP contribution in [0.15, 0.2) is 74.5 Å². The number of carbonyl (C=O) groups is 1. The minimum atomic E-state index is -0.283. The highest BCUT2D eigenvalue weighted by Crippen LogP contribution is 2.38. The van der Waals surface area contributed by atoms with Gasteiger partial charge in [0, 0.05) is 0 Å². The molecule has 0 saturated carbocycles. The maximum absolute atomic E-state index is 13.1. The van der Waals surface area contributed by atoms with Crippen LogP contribution in [0.4, 0.5) is 4.39 Å². The molecular formula is C25H18Br2FNO2S2. The normalized spacial score (nSPS) is 14.9. The average Bonchev–Trinajstić information content (AvgIpc) is 3.03. The van der Waals surface area contributed by atoms with Crippen molar-refractivity contribution in [2.45, 2.75) is 20.1 Å². The Morgan fingerprint density at radius 3 is 2.27 bits per heavy atom. The van der Waals surface area contributed by atoms with Gasteiger partial charge in [0.05, 0.1) is 20.4 Å². The van der Waals surface area contributed by atoms with E-state index in [9.17, 15) is 9.18 Å². The van der Waals surface area contributed by atoms with Gasteiger partial charge in [0.15, 0.2) is 0 Å². The van der Waals surface area contributed by atoms with E-state index in [1.807, 2.05) is 49.4 Å². The zero-order valence-corrected chi connectivity index (χ0v) is 22.3. The number of halogens is 3. The van der Waals surface area contributed by atoms with Crippen LogP contribution >= 0.6 is 55.8 Å². The van der Waals surface area contributed by atoms with Gasteiger partial charge in [-0.15, -0.1) is 0 Å². The fourth-order valence-corrected chi connectivity index (χ4v) is 5.91. The average molecular weight is 607 g/mol. The lowest BCUT2D eigenvalue weighted by molar-refractivity contribution is -0.122. The molecular weight excluding hydrogens is 589 g/mol. The van der Waals surface area contributed by atoms with Crippen molar-refractivity contribution in [3.05, 3.63) is 103 Å². The molecule has 0 radical (unpaired) electrons. The minimum absolute atomic E-state index is 0.102. The van der Waals surface area contributed by atoms with Crippen molar-refractivity contribution in [3.63, 3.8) is 0 Å². The first-order valence-corrected chi connectivity index (χ1v) is 12.8. The van der Waals surface area contributed by atoms with Crippen LogP contribution in [0.1, 0.15) is 22.3 Å². The largest absolute Gasteiger partial charge is 0.487 e. The van der Waals surface area contributed by atoms with E-state index in [0.717, 1.165) is 25.6 Å². The summed E-state index contributed by atoms with van der Waals surface area (Å²) in [6.07, 6.45) is 1.83. The van der Waals surface area contributed by atoms with Crippen LogP contribution in [0.3, 0.4) is 0 Å². The number of thioether (sulfide) groups is 1. The standard InChI is InChI=1S/C25H18Br2FNO2S2/c1-15-2-4-16(5-3-15)13-29-24(30)22(33-25(29)32)12-18-10-20(26)23(21(27)11-18)31-14-17-6-8-19(28)9-7-17/h2-12H,13-14H2,1H3/b22-12-. The monoisotopic (exact) mass is 605 g/mol. The predicted molar refractivity (Wildman–Crippen MR) is 142 cm³/mol. The third-order valence-electron chi connectivity index (χ3n) is 4.95. The Morgan fingerprint density at radius 1 is 1.03 bits per heavy atom. The fourth-order valence-electron chi connectivity index (χ4n) is 3.20. The molecule has 0 unspecified atom stereocenters. The SMILES string of the molecule is Cc1ccc(CN2C(=O)/C(=C/c3cc(Br)c(OCc4ccc(F)cc4)c(Br)c3)SC2=S)cc1. The van der Waals surface area contributed by atoms with Gasteiger partial charge in [-0.2, -0.15) is 0 Å². The first kappa shape index (κ1) is 24.1. The number of hydrogen-bond donors (Lipinski definition) is 0. The first-order chi connectivity index (χ1) is 15.8. The van der Waals surface area contributed by atoms with Crippen molar-refractivity contribution in [1.82, 2.24) is 4.90 Å². The zero-order valence-electron chi connectivity index (χ0n) is 17.5. The minimum Gasteiger partial charge on any atom is -0.487 e. The second kappa shape index (κ2) is 10.5. The maximum atomic E-state index is 13.1. The molecule has 8 heteroatoms. The van der Waals surface area contributed by atoms with Gasteiger partial charge >= 0.3 is 0 Å². The van der Waals surface area contributed by atoms with Crippen LogP contribution in [0.5, 0.6) is 5.75 Å². The Balaban J connectivity index is 1.49. The smallest absolute Gasteiger partial charge is 0.266 e. The van der Waals surface area contributed by atoms with Crippen molar-refractivity contribution >= 4 is 72.1 Å². The van der Waals surface area contributed by atoms with Gasteiger partial charge in [-0.3, -0.25) is 9.69 Å². The summed E-state index contributed by atoms with van der Waals surface area (Å²) in [7, 11) is 0. The molecule has 3 aromatic rings. The Morgan fingerprint density at radius 2 is 1.64 bits per heavy atom. The van der Waals surface area contributed by atoms with E-state index in [2.05, 4.69) is 31.9 Å². The van der Waals surface area contributed by atoms with Gasteiger partial charge in [-0.25, -0.2) is 4.39 Å². The first-order valence-electron chi connectivity index (χ1n) is 9.97. The molecule has 33 heavy (non-hydrogen) atoms. The van der Waals surface area contributed by atoms with Crippen LogP contribution in [0.2, 0.25) is 0 Å². The van der Waals surface area contributed by atoms with Crippen LogP contribution in [0.25, 0.3) is 6.08 Å². The second-order valence-corrected chi connectivity index (χ2v) is 10.9. The molecule has 0 atom stereocenters. The molecule has 1 aliphatic rings. The van der Waals surface area contributed by atoms with Crippen molar-refractivity contribution in [2.24, 2.45) is 0 Å². The highest BCUT2D eigenvalue weighted by atomic mass is 79.9. The lowest BCUT2D eigenvalue weighted by Gasteiger charge is -2.14. The molecule has 1 aliphatic heterocycles. The van der Waals surface area contributed by atoms with E-state index < -0.39 is 0 Å². The summed E-state index contributed by atoms with van der Waals surface area (Å²) in [6, 6.07) is 18.0. The summed E-state index contributed by atoms with van der Waals surface area (Å²) in [4.78, 5) is 15.2. The molecule has 0 aromatic heterocycles. The molecule has 168 valence electrons. The zero-order chi connectivity index (χ0) is 23.5. The molecule has 0 spiro atoms. The third-order valence-corrected chi connectivity index (χ3v) is 7.51. The van der Waals surface area contributed by atoms with Gasteiger partial charge in [0.1, 0.15) is 22.5 Å². The van der Waals surface area contributed by atoms with Crippen molar-refractivity contribution in [3.8, 4) is 5.75 Å². The number of benzene rings is 3. The molecule has 3 aromatic carbocycles. The lowest BCUT2D eigenvalue weighted by Crippen LogP contribution is -2.27. The maximum Gasteiger partial charge on any atom is 0.266 e. The van der Waals surface area contributed by atoms with Gasteiger partial charge in [0.2, 0.25) is 0 Å². The molecule has 3 nitrogen and oxygen atoms in total. The number of nitrogens with zero attached hydrogens (tertiary/aromatic N) is 1. The van der Waals surface area contributed by atoms with E-state index in [1.165, 1.54) is 29.5 Å². The summed E-state index contributed by atoms with van der Waals surface area (Å²) >= 11 is 13.9. The van der Waals surface area contributed by atoms with Gasteiger partial charge in [-0.1, -0.05) is 65.9 Å². The number of amides is 1. The van der Waals surface area contributed by atoms with E-state index >= 15 is 0 Å². The number of hydrogen-bond acceptors (Lipinski definition) is 4. The highest BCUT2D eigenvalue weighted by molar-refractivity contribution is 9.11. The van der Waals surface area contributed by atoms with E-state index in [-0.39, 0.29) is 11.7 Å². The van der Waals surface area contributed by atoms with Crippen LogP contribution < -0.4 is 4.74 Å². The Bertz CT molecular complexity index is 1220. The molecule has 1 saturated heterocycles. The van der Waals surface area contributed by atoms with Crippen LogP contribution in [-0.4, -0.2) is 15.1 Å². The Kier molecular flexibility index (Phi) is 7.69. The Labute approximate surface area is 218 Å². The molecule has 1 heterocycles. The number of rotatable bonds is 6. The second-order valence-electron chi connectivity index (χ2n) is 7.48. The summed E-state index contributed by atoms with van der Waals surface area (Å²) in [5.74, 6) is 0.243. The summed E-state index contributed by atoms with van der Waals surface area (Å²) < 4.78 is 21.0. The molecule has 4 rings (SSSR count). The molecule has 0 aliphatic carbocycles. The van der Waals surface area contributed by atoms with E-state index in [0.29, 0.717) is 28.1 Å². The number of carbonyl (C=O) groups excluding carboxylic acids is 1. The number of thiocarbonyl (C=S) groups is 1. The quantitative estimate of drug-likeness (QED) is 0.213. The summed E-state index contributed by atoms with van der Waals surface area (Å²) in [5, 5.41) is 0. The topological polar surface area (TPSA) is 29.5 Å². The number of aryl methyl sites for hydroxylation is 1. The molecule has 0 bridgehead atoms. The summed E-state index contributed by atoms with van der Waals surface area (Å²) in [6.45, 7) is 2.78. The number of ether oxygens (including phenoxy) is 1. The molecule has 1 fully saturated rings. The van der Waals surface area contributed by atoms with Crippen LogP contribution in [0, 0.1) is 12.7 Å². The van der Waals surface area contributed by atoms with E-state index in [4.69, 9.17) is 17.0 Å². The van der Waals surface area contributed by atoms with E-state index in [1.54, 1.807) is 17.0 Å².